The zero-order valence-corrected chi connectivity index (χ0v) is 7.25. The van der Waals surface area contributed by atoms with E-state index in [1.54, 1.807) is 6.92 Å². The first kappa shape index (κ1) is 9.48. The molecule has 0 amide bonds. The predicted molar refractivity (Wildman–Crippen MR) is 41.8 cm³/mol. The summed E-state index contributed by atoms with van der Waals surface area (Å²) in [6.45, 7) is 3.97. The molecule has 1 saturated heterocycles. The molecule has 1 aliphatic heterocycles. The molecule has 0 atom stereocenters. The Hall–Kier alpha value is -0.610. The zero-order chi connectivity index (χ0) is 8.81. The maximum Gasteiger partial charge on any atom is 0.308 e. The fraction of sp³-hybridized carbons (Fsp3) is 0.875. The molecule has 0 radical (unpaired) electrons. The van der Waals surface area contributed by atoms with Crippen LogP contribution in [0.25, 0.3) is 0 Å². The molecule has 70 valence electrons. The zero-order valence-electron chi connectivity index (χ0n) is 7.25. The third kappa shape index (κ3) is 3.19. The summed E-state index contributed by atoms with van der Waals surface area (Å²) >= 11 is 0. The van der Waals surface area contributed by atoms with Gasteiger partial charge in [-0.05, 0) is 6.92 Å². The smallest absolute Gasteiger partial charge is 0.308 e. The van der Waals surface area contributed by atoms with E-state index in [9.17, 15) is 4.79 Å². The number of esters is 1. The van der Waals surface area contributed by atoms with E-state index in [4.69, 9.17) is 14.2 Å². The average molecular weight is 174 g/mol. The first-order valence-corrected chi connectivity index (χ1v) is 4.18. The SMILES string of the molecule is CCOC(=O)CCOC1COC1. The Kier molecular flexibility index (Phi) is 4.04. The van der Waals surface area contributed by atoms with Crippen LogP contribution in [0.4, 0.5) is 0 Å². The van der Waals surface area contributed by atoms with Gasteiger partial charge in [0.2, 0.25) is 0 Å². The summed E-state index contributed by atoms with van der Waals surface area (Å²) in [6.07, 6.45) is 0.532. The lowest BCUT2D eigenvalue weighted by Gasteiger charge is -2.25. The third-order valence-corrected chi connectivity index (χ3v) is 1.57. The van der Waals surface area contributed by atoms with Gasteiger partial charge in [-0.1, -0.05) is 0 Å². The molecule has 0 aromatic heterocycles. The van der Waals surface area contributed by atoms with Crippen molar-refractivity contribution >= 4 is 5.97 Å². The number of hydrogen-bond acceptors (Lipinski definition) is 4. The van der Waals surface area contributed by atoms with Gasteiger partial charge in [0.05, 0.1) is 32.8 Å². The molecule has 4 nitrogen and oxygen atoms in total. The second-order valence-electron chi connectivity index (χ2n) is 2.59. The quantitative estimate of drug-likeness (QED) is 0.564. The van der Waals surface area contributed by atoms with Crippen LogP contribution in [0, 0.1) is 0 Å². The van der Waals surface area contributed by atoms with E-state index in [-0.39, 0.29) is 12.1 Å². The normalized spacial score (nSPS) is 17.1. The Bertz CT molecular complexity index is 142. The molecule has 1 rings (SSSR count). The van der Waals surface area contributed by atoms with Crippen molar-refractivity contribution in [3.05, 3.63) is 0 Å². The van der Waals surface area contributed by atoms with Crippen LogP contribution >= 0.6 is 0 Å². The number of carbonyl (C=O) groups excluding carboxylic acids is 1. The number of hydrogen-bond donors (Lipinski definition) is 0. The molecule has 0 saturated carbocycles. The van der Waals surface area contributed by atoms with Gasteiger partial charge in [-0.25, -0.2) is 0 Å². The van der Waals surface area contributed by atoms with Crippen LogP contribution in [0.1, 0.15) is 13.3 Å². The molecule has 0 spiro atoms. The van der Waals surface area contributed by atoms with Crippen LogP contribution < -0.4 is 0 Å². The summed E-state index contributed by atoms with van der Waals surface area (Å²) in [5.41, 5.74) is 0. The Morgan fingerprint density at radius 2 is 2.33 bits per heavy atom. The molecular weight excluding hydrogens is 160 g/mol. The van der Waals surface area contributed by atoms with Gasteiger partial charge in [0.25, 0.3) is 0 Å². The van der Waals surface area contributed by atoms with Crippen molar-refractivity contribution in [3.8, 4) is 0 Å². The molecule has 0 aromatic rings. The fourth-order valence-corrected chi connectivity index (χ4v) is 0.852. The maximum atomic E-state index is 10.8. The number of rotatable bonds is 5. The van der Waals surface area contributed by atoms with E-state index in [2.05, 4.69) is 0 Å². The molecule has 1 heterocycles. The van der Waals surface area contributed by atoms with Gasteiger partial charge < -0.3 is 14.2 Å². The third-order valence-electron chi connectivity index (χ3n) is 1.57. The van der Waals surface area contributed by atoms with Crippen LogP contribution in [-0.2, 0) is 19.0 Å². The van der Waals surface area contributed by atoms with E-state index in [1.807, 2.05) is 0 Å². The van der Waals surface area contributed by atoms with Gasteiger partial charge in [-0.2, -0.15) is 0 Å². The lowest BCUT2D eigenvalue weighted by molar-refractivity contribution is -0.151. The van der Waals surface area contributed by atoms with Crippen LogP contribution in [0.3, 0.4) is 0 Å². The minimum absolute atomic E-state index is 0.194. The summed E-state index contributed by atoms with van der Waals surface area (Å²) in [5.74, 6) is -0.197. The molecule has 0 N–H and O–H groups in total. The molecule has 0 aliphatic carbocycles. The van der Waals surface area contributed by atoms with E-state index in [0.717, 1.165) is 0 Å². The van der Waals surface area contributed by atoms with Gasteiger partial charge in [0.1, 0.15) is 6.10 Å². The molecule has 0 aromatic carbocycles. The number of carbonyl (C=O) groups is 1. The minimum Gasteiger partial charge on any atom is -0.466 e. The molecule has 1 aliphatic rings. The highest BCUT2D eigenvalue weighted by Gasteiger charge is 2.18. The van der Waals surface area contributed by atoms with Crippen molar-refractivity contribution in [2.75, 3.05) is 26.4 Å². The van der Waals surface area contributed by atoms with Crippen LogP contribution in [0.5, 0.6) is 0 Å². The summed E-state index contributed by atoms with van der Waals surface area (Å²) in [7, 11) is 0. The second-order valence-corrected chi connectivity index (χ2v) is 2.59. The van der Waals surface area contributed by atoms with Crippen molar-refractivity contribution in [1.29, 1.82) is 0 Å². The molecule has 4 heteroatoms. The Morgan fingerprint density at radius 1 is 1.58 bits per heavy atom. The van der Waals surface area contributed by atoms with Gasteiger partial charge in [0.15, 0.2) is 0 Å². The molecule has 0 bridgehead atoms. The van der Waals surface area contributed by atoms with Gasteiger partial charge >= 0.3 is 5.97 Å². The molecule has 0 unspecified atom stereocenters. The minimum atomic E-state index is -0.197. The van der Waals surface area contributed by atoms with Crippen LogP contribution in [0.2, 0.25) is 0 Å². The predicted octanol–water partition coefficient (Wildman–Crippen LogP) is 0.355. The van der Waals surface area contributed by atoms with Crippen LogP contribution in [-0.4, -0.2) is 38.5 Å². The number of ether oxygens (including phenoxy) is 3. The first-order valence-electron chi connectivity index (χ1n) is 4.18. The Morgan fingerprint density at radius 3 is 2.83 bits per heavy atom. The summed E-state index contributed by atoms with van der Waals surface area (Å²) in [5, 5.41) is 0. The highest BCUT2D eigenvalue weighted by molar-refractivity contribution is 5.69. The van der Waals surface area contributed by atoms with Crippen molar-refractivity contribution in [1.82, 2.24) is 0 Å². The summed E-state index contributed by atoms with van der Waals surface area (Å²) in [6, 6.07) is 0. The topological polar surface area (TPSA) is 44.8 Å². The van der Waals surface area contributed by atoms with Gasteiger partial charge in [0, 0.05) is 0 Å². The summed E-state index contributed by atoms with van der Waals surface area (Å²) in [4.78, 5) is 10.8. The van der Waals surface area contributed by atoms with E-state index < -0.39 is 0 Å². The Balaban J connectivity index is 1.90. The molecule has 12 heavy (non-hydrogen) atoms. The van der Waals surface area contributed by atoms with Crippen molar-refractivity contribution in [3.63, 3.8) is 0 Å². The first-order chi connectivity index (χ1) is 5.83. The maximum absolute atomic E-state index is 10.8. The van der Waals surface area contributed by atoms with Gasteiger partial charge in [-0.15, -0.1) is 0 Å². The lowest BCUT2D eigenvalue weighted by atomic mass is 10.3. The Labute approximate surface area is 71.8 Å². The lowest BCUT2D eigenvalue weighted by Crippen LogP contribution is -2.36. The molecule has 1 fully saturated rings. The largest absolute Gasteiger partial charge is 0.466 e. The van der Waals surface area contributed by atoms with Crippen molar-refractivity contribution in [2.45, 2.75) is 19.4 Å². The highest BCUT2D eigenvalue weighted by Crippen LogP contribution is 2.05. The standard InChI is InChI=1S/C8H14O4/c1-2-11-8(9)3-4-12-7-5-10-6-7/h7H,2-6H2,1H3. The van der Waals surface area contributed by atoms with Crippen LogP contribution in [0.15, 0.2) is 0 Å². The summed E-state index contributed by atoms with van der Waals surface area (Å²) < 4.78 is 14.9. The van der Waals surface area contributed by atoms with Gasteiger partial charge in [-0.3, -0.25) is 4.79 Å². The highest BCUT2D eigenvalue weighted by atomic mass is 16.6. The van der Waals surface area contributed by atoms with E-state index >= 15 is 0 Å². The average Bonchev–Trinajstić information content (AvgIpc) is 1.95. The van der Waals surface area contributed by atoms with Crippen molar-refractivity contribution in [2.24, 2.45) is 0 Å². The second kappa shape index (κ2) is 5.11. The monoisotopic (exact) mass is 174 g/mol. The molecular formula is C8H14O4. The van der Waals surface area contributed by atoms with Crippen molar-refractivity contribution < 1.29 is 19.0 Å². The fourth-order valence-electron chi connectivity index (χ4n) is 0.852. The van der Waals surface area contributed by atoms with E-state index in [0.29, 0.717) is 32.8 Å². The van der Waals surface area contributed by atoms with E-state index in [1.165, 1.54) is 0 Å².